The van der Waals surface area contributed by atoms with Gasteiger partial charge in [-0.05, 0) is 0 Å². The number of nitrogens with two attached hydrogens (primary N) is 1. The summed E-state index contributed by atoms with van der Waals surface area (Å²) < 4.78 is 62.8. The summed E-state index contributed by atoms with van der Waals surface area (Å²) in [5, 5.41) is 0. The number of benzene rings is 1. The van der Waals surface area contributed by atoms with Crippen molar-refractivity contribution in [3.8, 4) is 0 Å². The maximum Gasteiger partial charge on any atom is 0.166 e. The van der Waals surface area contributed by atoms with E-state index in [-0.39, 0.29) is 18.5 Å². The molecule has 0 unspecified atom stereocenters. The topological polar surface area (TPSA) is 26.0 Å². The molecule has 0 saturated carbocycles. The lowest BCUT2D eigenvalue weighted by molar-refractivity contribution is 0.386. The van der Waals surface area contributed by atoms with Gasteiger partial charge in [-0.2, -0.15) is 0 Å². The second-order valence-corrected chi connectivity index (χ2v) is 2.64. The van der Waals surface area contributed by atoms with Crippen molar-refractivity contribution in [3.63, 3.8) is 0 Å². The van der Waals surface area contributed by atoms with Crippen LogP contribution in [-0.4, -0.2) is 6.67 Å². The molecule has 15 heavy (non-hydrogen) atoms. The van der Waals surface area contributed by atoms with Crippen LogP contribution in [0.2, 0.25) is 0 Å². The largest absolute Gasteiger partial charge is 0.322 e. The van der Waals surface area contributed by atoms with Crippen molar-refractivity contribution in [2.24, 2.45) is 5.73 Å². The Balaban J connectivity index is 0.00000196. The fourth-order valence-corrected chi connectivity index (χ4v) is 0.994. The predicted octanol–water partition coefficient (Wildman–Crippen LogP) is 2.63. The predicted molar refractivity (Wildman–Crippen MR) is 46.4 cm³/mol. The molecule has 0 aliphatic carbocycles. The van der Waals surface area contributed by atoms with Crippen molar-refractivity contribution in [1.82, 2.24) is 0 Å². The highest BCUT2D eigenvalue weighted by Gasteiger charge is 2.23. The zero-order valence-corrected chi connectivity index (χ0v) is 8.05. The summed E-state index contributed by atoms with van der Waals surface area (Å²) in [6.45, 7) is -1.31. The molecule has 1 aromatic carbocycles. The zero-order chi connectivity index (χ0) is 10.9. The van der Waals surface area contributed by atoms with Crippen LogP contribution in [0.1, 0.15) is 11.6 Å². The second kappa shape index (κ2) is 5.27. The summed E-state index contributed by atoms with van der Waals surface area (Å²) in [5.74, 6) is -6.51. The third kappa shape index (κ3) is 2.57. The van der Waals surface area contributed by atoms with Crippen molar-refractivity contribution in [3.05, 3.63) is 34.9 Å². The van der Waals surface area contributed by atoms with E-state index in [4.69, 9.17) is 5.73 Å². The average Bonchev–Trinajstić information content (AvgIpc) is 2.15. The maximum atomic E-state index is 12.9. The minimum atomic E-state index is -1.71. The third-order valence-electron chi connectivity index (χ3n) is 1.68. The maximum absolute atomic E-state index is 12.9. The normalized spacial score (nSPS) is 12.1. The lowest BCUT2D eigenvalue weighted by Crippen LogP contribution is -2.18. The van der Waals surface area contributed by atoms with Gasteiger partial charge in [0.05, 0.1) is 6.04 Å². The molecule has 86 valence electrons. The molecule has 0 saturated heterocycles. The van der Waals surface area contributed by atoms with E-state index in [0.717, 1.165) is 0 Å². The number of alkyl halides is 1. The van der Waals surface area contributed by atoms with E-state index in [1.54, 1.807) is 0 Å². The van der Waals surface area contributed by atoms with E-state index in [2.05, 4.69) is 0 Å². The van der Waals surface area contributed by atoms with Gasteiger partial charge in [-0.15, -0.1) is 12.4 Å². The summed E-state index contributed by atoms with van der Waals surface area (Å²) in [4.78, 5) is 0. The van der Waals surface area contributed by atoms with E-state index >= 15 is 0 Å². The van der Waals surface area contributed by atoms with Gasteiger partial charge in [-0.1, -0.05) is 0 Å². The summed E-state index contributed by atoms with van der Waals surface area (Å²) in [7, 11) is 0. The first-order valence-electron chi connectivity index (χ1n) is 3.63. The molecule has 0 spiro atoms. The molecule has 0 aromatic heterocycles. The van der Waals surface area contributed by atoms with Crippen LogP contribution in [0.3, 0.4) is 0 Å². The highest BCUT2D eigenvalue weighted by atomic mass is 35.5. The number of halogens is 6. The van der Waals surface area contributed by atoms with E-state index < -0.39 is 41.5 Å². The first-order valence-corrected chi connectivity index (χ1v) is 3.63. The lowest BCUT2D eigenvalue weighted by atomic mass is 10.1. The van der Waals surface area contributed by atoms with Crippen LogP contribution in [0, 0.1) is 23.3 Å². The highest BCUT2D eigenvalue weighted by molar-refractivity contribution is 5.85. The van der Waals surface area contributed by atoms with Gasteiger partial charge in [0, 0.05) is 11.6 Å². The average molecular weight is 248 g/mol. The van der Waals surface area contributed by atoms with Gasteiger partial charge < -0.3 is 5.73 Å². The van der Waals surface area contributed by atoms with Gasteiger partial charge in [-0.3, -0.25) is 0 Å². The SMILES string of the molecule is Cl.N[C@H](CF)c1c(F)c(F)cc(F)c1F. The first-order chi connectivity index (χ1) is 6.49. The van der Waals surface area contributed by atoms with Gasteiger partial charge in [0.2, 0.25) is 0 Å². The molecule has 7 heteroatoms. The Morgan fingerprint density at radius 3 is 1.80 bits per heavy atom. The van der Waals surface area contributed by atoms with Crippen molar-refractivity contribution >= 4 is 12.4 Å². The van der Waals surface area contributed by atoms with E-state index in [9.17, 15) is 22.0 Å². The van der Waals surface area contributed by atoms with Gasteiger partial charge in [0.1, 0.15) is 6.67 Å². The van der Waals surface area contributed by atoms with Gasteiger partial charge >= 0.3 is 0 Å². The Hall–Kier alpha value is -0.880. The Morgan fingerprint density at radius 2 is 1.47 bits per heavy atom. The minimum Gasteiger partial charge on any atom is -0.322 e. The quantitative estimate of drug-likeness (QED) is 0.631. The van der Waals surface area contributed by atoms with Gasteiger partial charge in [0.15, 0.2) is 23.3 Å². The molecular weight excluding hydrogens is 241 g/mol. The smallest absolute Gasteiger partial charge is 0.166 e. The van der Waals surface area contributed by atoms with Crippen LogP contribution >= 0.6 is 12.4 Å². The Morgan fingerprint density at radius 1 is 1.07 bits per heavy atom. The molecule has 1 aromatic rings. The number of hydrogen-bond acceptors (Lipinski definition) is 1. The van der Waals surface area contributed by atoms with Gasteiger partial charge in [-0.25, -0.2) is 22.0 Å². The molecule has 1 nitrogen and oxygen atoms in total. The Labute approximate surface area is 88.5 Å². The molecule has 2 N–H and O–H groups in total. The van der Waals surface area contributed by atoms with Crippen molar-refractivity contribution in [1.29, 1.82) is 0 Å². The molecule has 0 heterocycles. The fraction of sp³-hybridized carbons (Fsp3) is 0.250. The zero-order valence-electron chi connectivity index (χ0n) is 7.24. The molecule has 0 bridgehead atoms. The summed E-state index contributed by atoms with van der Waals surface area (Å²) in [6, 6.07) is -1.67. The van der Waals surface area contributed by atoms with Crippen LogP contribution in [0.5, 0.6) is 0 Å². The van der Waals surface area contributed by atoms with Crippen LogP contribution in [-0.2, 0) is 0 Å². The van der Waals surface area contributed by atoms with Crippen molar-refractivity contribution in [2.75, 3.05) is 6.67 Å². The second-order valence-electron chi connectivity index (χ2n) is 2.64. The van der Waals surface area contributed by atoms with Crippen LogP contribution < -0.4 is 5.73 Å². The van der Waals surface area contributed by atoms with E-state index in [1.807, 2.05) is 0 Å². The monoisotopic (exact) mass is 247 g/mol. The molecule has 0 radical (unpaired) electrons. The number of hydrogen-bond donors (Lipinski definition) is 1. The standard InChI is InChI=1S/C8H6F5N.ClH/c9-2-5(14)6-7(12)3(10)1-4(11)8(6)13;/h1,5H,2,14H2;1H/t5-;/m1./s1. The summed E-state index contributed by atoms with van der Waals surface area (Å²) in [6.07, 6.45) is 0. The van der Waals surface area contributed by atoms with Crippen LogP contribution in [0.25, 0.3) is 0 Å². The minimum absolute atomic E-state index is 0. The van der Waals surface area contributed by atoms with E-state index in [0.29, 0.717) is 0 Å². The molecule has 0 aliphatic rings. The van der Waals surface area contributed by atoms with Crippen LogP contribution in [0.4, 0.5) is 22.0 Å². The molecule has 1 rings (SSSR count). The highest BCUT2D eigenvalue weighted by Crippen LogP contribution is 2.24. The Bertz CT molecular complexity index is 331. The van der Waals surface area contributed by atoms with Crippen LogP contribution in [0.15, 0.2) is 6.07 Å². The van der Waals surface area contributed by atoms with Gasteiger partial charge in [0.25, 0.3) is 0 Å². The first kappa shape index (κ1) is 14.1. The lowest BCUT2D eigenvalue weighted by Gasteiger charge is -2.10. The number of rotatable bonds is 2. The van der Waals surface area contributed by atoms with Crippen molar-refractivity contribution < 1.29 is 22.0 Å². The summed E-state index contributed by atoms with van der Waals surface area (Å²) in [5.41, 5.74) is 3.84. The molecular formula is C8H7ClF5N. The van der Waals surface area contributed by atoms with Crippen molar-refractivity contribution in [2.45, 2.75) is 6.04 Å². The molecule has 1 atom stereocenters. The molecule has 0 fully saturated rings. The fourth-order valence-electron chi connectivity index (χ4n) is 0.994. The summed E-state index contributed by atoms with van der Waals surface area (Å²) >= 11 is 0. The third-order valence-corrected chi connectivity index (χ3v) is 1.68. The Kier molecular flexibility index (Phi) is 4.96. The molecule has 0 amide bonds. The van der Waals surface area contributed by atoms with E-state index in [1.165, 1.54) is 0 Å². The molecule has 0 aliphatic heterocycles.